The van der Waals surface area contributed by atoms with Crippen LogP contribution in [0.5, 0.6) is 0 Å². The summed E-state index contributed by atoms with van der Waals surface area (Å²) in [7, 11) is -0.525. The van der Waals surface area contributed by atoms with E-state index in [1.54, 1.807) is 43.3 Å². The number of hydrogen-bond donors (Lipinski definition) is 5. The predicted molar refractivity (Wildman–Crippen MR) is 225 cm³/mol. The van der Waals surface area contributed by atoms with Crippen LogP contribution in [0.3, 0.4) is 0 Å². The first-order valence-electron chi connectivity index (χ1n) is 20.9. The summed E-state index contributed by atoms with van der Waals surface area (Å²) >= 11 is 6.00. The molecule has 14 heteroatoms. The van der Waals surface area contributed by atoms with Gasteiger partial charge in [-0.3, -0.25) is 24.0 Å². The van der Waals surface area contributed by atoms with Gasteiger partial charge in [-0.25, -0.2) is 0 Å². The Morgan fingerprint density at radius 1 is 0.862 bits per heavy atom. The molecule has 316 valence electrons. The molecule has 7 N–H and O–H groups in total. The van der Waals surface area contributed by atoms with E-state index in [4.69, 9.17) is 32.4 Å². The molecule has 6 rings (SSSR count). The van der Waals surface area contributed by atoms with E-state index in [9.17, 15) is 29.1 Å². The van der Waals surface area contributed by atoms with E-state index in [0.717, 1.165) is 24.0 Å². The van der Waals surface area contributed by atoms with Crippen molar-refractivity contribution in [2.24, 2.45) is 40.6 Å². The number of unbranched alkanes of at least 4 members (excludes halogenated alkanes) is 1. The molecule has 3 aliphatic carbocycles. The molecule has 0 spiro atoms. The molecule has 0 aromatic heterocycles. The molecule has 1 saturated heterocycles. The summed E-state index contributed by atoms with van der Waals surface area (Å²) in [5, 5.41) is 16.6. The fraction of sp³-hybridized carbons (Fsp3) is 0.614. The number of benzene rings is 2. The fourth-order valence-corrected chi connectivity index (χ4v) is 9.32. The summed E-state index contributed by atoms with van der Waals surface area (Å²) in [6.45, 7) is 11.9. The predicted octanol–water partition coefficient (Wildman–Crippen LogP) is 5.31. The van der Waals surface area contributed by atoms with Crippen LogP contribution in [-0.2, 0) is 28.5 Å². The van der Waals surface area contributed by atoms with Gasteiger partial charge in [-0.05, 0) is 98.8 Å². The molecule has 12 nitrogen and oxygen atoms in total. The minimum atomic E-state index is -1.35. The number of Topliss-reactive ketones (excluding diaryl/α,β-unsaturated/α-hetero) is 3. The molecule has 4 aliphatic rings. The summed E-state index contributed by atoms with van der Waals surface area (Å²) in [6, 6.07) is 12.1. The van der Waals surface area contributed by atoms with Gasteiger partial charge in [-0.2, -0.15) is 0 Å². The molecule has 2 bridgehead atoms. The largest absolute Gasteiger partial charge is 0.461 e. The summed E-state index contributed by atoms with van der Waals surface area (Å²) in [5.41, 5.74) is 13.7. The molecule has 1 aliphatic heterocycles. The lowest BCUT2D eigenvalue weighted by Crippen LogP contribution is -2.65. The van der Waals surface area contributed by atoms with Crippen molar-refractivity contribution in [1.82, 2.24) is 10.6 Å². The van der Waals surface area contributed by atoms with Crippen LogP contribution in [0, 0.1) is 29.1 Å². The molecule has 0 radical (unpaired) electrons. The maximum Gasteiger partial charge on any atom is 0.461 e. The van der Waals surface area contributed by atoms with Crippen LogP contribution in [0.1, 0.15) is 103 Å². The van der Waals surface area contributed by atoms with E-state index in [-0.39, 0.29) is 54.7 Å². The quantitative estimate of drug-likeness (QED) is 0.0625. The average Bonchev–Trinajstić information content (AvgIpc) is 3.56. The number of hydrogen-bond acceptors (Lipinski definition) is 10. The first-order chi connectivity index (χ1) is 27.4. The van der Waals surface area contributed by atoms with Gasteiger partial charge in [0.15, 0.2) is 17.3 Å². The summed E-state index contributed by atoms with van der Waals surface area (Å²) < 4.78 is 13.0. The van der Waals surface area contributed by atoms with Gasteiger partial charge in [0.05, 0.1) is 29.8 Å². The molecule has 2 aromatic carbocycles. The number of nitrogens with one attached hydrogen (secondary N) is 2. The van der Waals surface area contributed by atoms with Crippen molar-refractivity contribution < 1.29 is 38.4 Å². The highest BCUT2D eigenvalue weighted by atomic mass is 35.5. The normalized spacial score (nSPS) is 24.9. The van der Waals surface area contributed by atoms with Crippen molar-refractivity contribution in [2.75, 3.05) is 13.1 Å². The summed E-state index contributed by atoms with van der Waals surface area (Å²) in [6.07, 6.45) is 2.08. The molecular weight excluding hydrogens is 759 g/mol. The second-order valence-corrected chi connectivity index (χ2v) is 18.2. The summed E-state index contributed by atoms with van der Waals surface area (Å²) in [5.74, 6) is -3.27. The van der Waals surface area contributed by atoms with Gasteiger partial charge in [-0.15, -0.1) is 0 Å². The first kappa shape index (κ1) is 45.6. The Labute approximate surface area is 348 Å². The van der Waals surface area contributed by atoms with Gasteiger partial charge in [-0.1, -0.05) is 75.7 Å². The lowest BCUT2D eigenvalue weighted by Gasteiger charge is -2.64. The van der Waals surface area contributed by atoms with E-state index in [2.05, 4.69) is 31.4 Å². The van der Waals surface area contributed by atoms with E-state index in [1.807, 2.05) is 19.1 Å². The minimum Gasteiger partial charge on any atom is -0.405 e. The highest BCUT2D eigenvalue weighted by molar-refractivity contribution is 6.47. The molecule has 1 heterocycles. The Hall–Kier alpha value is -3.46. The van der Waals surface area contributed by atoms with Crippen molar-refractivity contribution in [3.05, 3.63) is 59.1 Å². The van der Waals surface area contributed by atoms with Crippen molar-refractivity contribution in [1.29, 1.82) is 0 Å². The van der Waals surface area contributed by atoms with Gasteiger partial charge >= 0.3 is 7.12 Å². The van der Waals surface area contributed by atoms with Gasteiger partial charge < -0.3 is 36.5 Å². The highest BCUT2D eigenvalue weighted by Gasteiger charge is 2.68. The standard InChI is InChI=1S/C44H62BClN4O8/c1-25(41(55)49-34(9-7-8-18-47)36(53)20-26(2)45-57-39-23-32-22-38(43(32,4)5)44(39,6)58-45)19-37(54)40(27(3)51)50-42(56)31(24-48)21-35(52)30-12-10-28(11-13-30)29-14-16-33(46)17-15-29/h10-17,25-27,31-32,34,38-40,51H,7-9,18-24,47-48H2,1-6H3,(H,49,55)(H,50,56)/t25-,26-,27-,31?,32+,34+,38+,39?,40+,44+/m1/s1. The number of halogens is 1. The molecule has 3 saturated carbocycles. The van der Waals surface area contributed by atoms with Crippen LogP contribution in [0.4, 0.5) is 0 Å². The zero-order chi connectivity index (χ0) is 42.5. The number of aliphatic hydroxyl groups excluding tert-OH is 1. The van der Waals surface area contributed by atoms with Gasteiger partial charge in [0.2, 0.25) is 11.8 Å². The van der Waals surface area contributed by atoms with Crippen LogP contribution >= 0.6 is 11.6 Å². The zero-order valence-corrected chi connectivity index (χ0v) is 35.6. The summed E-state index contributed by atoms with van der Waals surface area (Å²) in [4.78, 5) is 67.3. The fourth-order valence-electron chi connectivity index (χ4n) is 9.20. The second kappa shape index (κ2) is 19.3. The van der Waals surface area contributed by atoms with Crippen molar-refractivity contribution >= 4 is 47.9 Å². The van der Waals surface area contributed by atoms with Crippen molar-refractivity contribution in [3.8, 4) is 11.1 Å². The third-order valence-corrected chi connectivity index (χ3v) is 13.4. The Morgan fingerprint density at radius 3 is 2.09 bits per heavy atom. The number of ketones is 3. The van der Waals surface area contributed by atoms with E-state index < -0.39 is 60.3 Å². The lowest BCUT2D eigenvalue weighted by molar-refractivity contribution is -0.199. The average molecular weight is 821 g/mol. The first-order valence-corrected chi connectivity index (χ1v) is 21.2. The van der Waals surface area contributed by atoms with Crippen LogP contribution in [-0.4, -0.2) is 84.4 Å². The lowest BCUT2D eigenvalue weighted by atomic mass is 9.43. The SMILES string of the molecule is C[C@H](CC(=O)[C@H](CCCCN)NC(=O)[C@H](C)CC(=O)[C@@H](NC(=O)C(CN)CC(=O)c1ccc(-c2ccc(Cl)cc2)cc1)[C@@H](C)O)B1OC2C[C@@H]3C[C@@H](C3(C)C)[C@]2(C)O1. The molecule has 2 amide bonds. The third-order valence-electron chi connectivity index (χ3n) is 13.2. The molecule has 58 heavy (non-hydrogen) atoms. The van der Waals surface area contributed by atoms with Gasteiger partial charge in [0, 0.05) is 42.3 Å². The molecule has 2 aromatic rings. The maximum absolute atomic E-state index is 13.8. The maximum atomic E-state index is 13.8. The van der Waals surface area contributed by atoms with Crippen LogP contribution in [0.2, 0.25) is 10.8 Å². The molecule has 10 atom stereocenters. The Bertz CT molecular complexity index is 1790. The van der Waals surface area contributed by atoms with Crippen molar-refractivity contribution in [3.63, 3.8) is 0 Å². The number of carbonyl (C=O) groups is 5. The Morgan fingerprint density at radius 2 is 1.50 bits per heavy atom. The minimum absolute atomic E-state index is 0.00546. The second-order valence-electron chi connectivity index (χ2n) is 17.8. The topological polar surface area (TPSA) is 200 Å². The number of aliphatic hydroxyl groups is 1. The Balaban J connectivity index is 1.14. The number of amides is 2. The number of nitrogens with two attached hydrogens (primary N) is 2. The smallest absolute Gasteiger partial charge is 0.405 e. The van der Waals surface area contributed by atoms with E-state index in [1.165, 1.54) is 6.92 Å². The van der Waals surface area contributed by atoms with Gasteiger partial charge in [0.25, 0.3) is 0 Å². The number of rotatable bonds is 21. The van der Waals surface area contributed by atoms with Crippen LogP contribution < -0.4 is 22.1 Å². The van der Waals surface area contributed by atoms with E-state index in [0.29, 0.717) is 48.2 Å². The van der Waals surface area contributed by atoms with Crippen LogP contribution in [0.25, 0.3) is 11.1 Å². The monoisotopic (exact) mass is 820 g/mol. The van der Waals surface area contributed by atoms with Crippen LogP contribution in [0.15, 0.2) is 48.5 Å². The molecule has 2 unspecified atom stereocenters. The van der Waals surface area contributed by atoms with Gasteiger partial charge in [0.1, 0.15) is 6.04 Å². The van der Waals surface area contributed by atoms with Crippen molar-refractivity contribution in [2.45, 2.75) is 129 Å². The Kier molecular flexibility index (Phi) is 15.2. The zero-order valence-electron chi connectivity index (χ0n) is 34.8. The molecule has 4 fully saturated rings. The highest BCUT2D eigenvalue weighted by Crippen LogP contribution is 2.66. The number of carbonyl (C=O) groups excluding carboxylic acids is 5. The van der Waals surface area contributed by atoms with E-state index >= 15 is 0 Å². The molecular formula is C44H62BClN4O8. The third kappa shape index (κ3) is 10.3.